The molecule has 3 nitrogen and oxygen atoms in total. The maximum Gasteiger partial charge on any atom is 0.416 e. The fraction of sp³-hybridized carbons (Fsp3) is 0.333. The van der Waals surface area contributed by atoms with E-state index in [1.807, 2.05) is 42.5 Å². The summed E-state index contributed by atoms with van der Waals surface area (Å²) in [6.45, 7) is 5.82. The SMILES string of the molecule is COc1ccc(C(C)C)cc1-c1ccc(C(F)(F)F)cc1CN1CNC(c2ccc(Cl)cc2)C1. The highest BCUT2D eigenvalue weighted by atomic mass is 35.5. The molecule has 1 atom stereocenters. The zero-order chi connectivity index (χ0) is 24.5. The lowest BCUT2D eigenvalue weighted by Gasteiger charge is -2.21. The second kappa shape index (κ2) is 9.98. The van der Waals surface area contributed by atoms with E-state index >= 15 is 0 Å². The highest BCUT2D eigenvalue weighted by molar-refractivity contribution is 6.30. The highest BCUT2D eigenvalue weighted by Crippen LogP contribution is 2.39. The number of ether oxygens (including phenoxy) is 1. The van der Waals surface area contributed by atoms with Crippen molar-refractivity contribution in [1.82, 2.24) is 10.2 Å². The molecular formula is C27H28ClF3N2O. The number of benzene rings is 3. The number of hydrogen-bond donors (Lipinski definition) is 1. The van der Waals surface area contributed by atoms with Gasteiger partial charge in [0.15, 0.2) is 0 Å². The van der Waals surface area contributed by atoms with Crippen molar-refractivity contribution in [2.24, 2.45) is 0 Å². The number of alkyl halides is 3. The van der Waals surface area contributed by atoms with Gasteiger partial charge in [-0.15, -0.1) is 0 Å². The fourth-order valence-electron chi connectivity index (χ4n) is 4.37. The van der Waals surface area contributed by atoms with Gasteiger partial charge in [-0.25, -0.2) is 0 Å². The molecular weight excluding hydrogens is 461 g/mol. The summed E-state index contributed by atoms with van der Waals surface area (Å²) in [6, 6.07) is 17.6. The molecule has 1 heterocycles. The Morgan fingerprint density at radius 3 is 2.41 bits per heavy atom. The highest BCUT2D eigenvalue weighted by Gasteiger charge is 2.32. The molecule has 0 bridgehead atoms. The number of halogens is 4. The molecule has 4 rings (SSSR count). The van der Waals surface area contributed by atoms with Gasteiger partial charge in [-0.1, -0.05) is 49.7 Å². The van der Waals surface area contributed by atoms with Gasteiger partial charge in [-0.3, -0.25) is 10.2 Å². The average molecular weight is 489 g/mol. The molecule has 0 saturated carbocycles. The van der Waals surface area contributed by atoms with Crippen molar-refractivity contribution in [3.05, 3.63) is 87.9 Å². The Hall–Kier alpha value is -2.54. The molecule has 1 fully saturated rings. The minimum absolute atomic E-state index is 0.0883. The van der Waals surface area contributed by atoms with Crippen LogP contribution in [0.15, 0.2) is 60.7 Å². The average Bonchev–Trinajstić information content (AvgIpc) is 3.27. The van der Waals surface area contributed by atoms with Gasteiger partial charge in [0.2, 0.25) is 0 Å². The molecule has 1 saturated heterocycles. The third-order valence-electron chi connectivity index (χ3n) is 6.28. The topological polar surface area (TPSA) is 24.5 Å². The van der Waals surface area contributed by atoms with E-state index in [1.54, 1.807) is 13.2 Å². The lowest BCUT2D eigenvalue weighted by molar-refractivity contribution is -0.137. The van der Waals surface area contributed by atoms with Crippen LogP contribution < -0.4 is 10.1 Å². The van der Waals surface area contributed by atoms with Gasteiger partial charge in [0.1, 0.15) is 5.75 Å². The maximum absolute atomic E-state index is 13.6. The zero-order valence-corrected chi connectivity index (χ0v) is 20.2. The van der Waals surface area contributed by atoms with E-state index < -0.39 is 11.7 Å². The molecule has 0 amide bonds. The van der Waals surface area contributed by atoms with Gasteiger partial charge >= 0.3 is 6.18 Å². The molecule has 3 aromatic carbocycles. The van der Waals surface area contributed by atoms with Crippen molar-refractivity contribution in [2.45, 2.75) is 38.5 Å². The maximum atomic E-state index is 13.6. The van der Waals surface area contributed by atoms with E-state index in [0.29, 0.717) is 36.1 Å². The molecule has 1 aliphatic heterocycles. The molecule has 180 valence electrons. The Balaban J connectivity index is 1.69. The van der Waals surface area contributed by atoms with Crippen LogP contribution in [-0.4, -0.2) is 25.2 Å². The van der Waals surface area contributed by atoms with Crippen LogP contribution in [0.4, 0.5) is 13.2 Å². The molecule has 0 spiro atoms. The lowest BCUT2D eigenvalue weighted by atomic mass is 9.92. The van der Waals surface area contributed by atoms with Crippen LogP contribution in [-0.2, 0) is 12.7 Å². The summed E-state index contributed by atoms with van der Waals surface area (Å²) in [4.78, 5) is 2.12. The predicted octanol–water partition coefficient (Wildman–Crippen LogP) is 7.26. The summed E-state index contributed by atoms with van der Waals surface area (Å²) in [5.74, 6) is 0.925. The minimum atomic E-state index is -4.41. The smallest absolute Gasteiger partial charge is 0.416 e. The molecule has 1 aliphatic rings. The third kappa shape index (κ3) is 5.40. The largest absolute Gasteiger partial charge is 0.496 e. The first-order chi connectivity index (χ1) is 16.2. The Morgan fingerprint density at radius 1 is 1.03 bits per heavy atom. The Morgan fingerprint density at radius 2 is 1.76 bits per heavy atom. The van der Waals surface area contributed by atoms with Crippen molar-refractivity contribution in [1.29, 1.82) is 0 Å². The predicted molar refractivity (Wildman–Crippen MR) is 130 cm³/mol. The third-order valence-corrected chi connectivity index (χ3v) is 6.53. The van der Waals surface area contributed by atoms with Gasteiger partial charge in [0, 0.05) is 36.4 Å². The second-order valence-corrected chi connectivity index (χ2v) is 9.40. The summed E-state index contributed by atoms with van der Waals surface area (Å²) >= 11 is 6.00. The monoisotopic (exact) mass is 488 g/mol. The van der Waals surface area contributed by atoms with E-state index in [4.69, 9.17) is 16.3 Å². The number of hydrogen-bond acceptors (Lipinski definition) is 3. The van der Waals surface area contributed by atoms with E-state index in [2.05, 4.69) is 24.1 Å². The summed E-state index contributed by atoms with van der Waals surface area (Å²) < 4.78 is 46.3. The number of methoxy groups -OCH3 is 1. The summed E-state index contributed by atoms with van der Waals surface area (Å²) in [5.41, 5.74) is 3.73. The Kier molecular flexibility index (Phi) is 7.22. The van der Waals surface area contributed by atoms with Crippen LogP contribution in [0.1, 0.15) is 48.1 Å². The molecule has 0 radical (unpaired) electrons. The van der Waals surface area contributed by atoms with Crippen LogP contribution in [0.3, 0.4) is 0 Å². The van der Waals surface area contributed by atoms with Crippen LogP contribution in [0, 0.1) is 0 Å². The lowest BCUT2D eigenvalue weighted by Crippen LogP contribution is -2.22. The molecule has 1 unspecified atom stereocenters. The molecule has 7 heteroatoms. The first-order valence-electron chi connectivity index (χ1n) is 11.3. The van der Waals surface area contributed by atoms with Gasteiger partial charge in [0.25, 0.3) is 0 Å². The van der Waals surface area contributed by atoms with Gasteiger partial charge < -0.3 is 4.74 Å². The van der Waals surface area contributed by atoms with E-state index in [1.165, 1.54) is 6.07 Å². The quantitative estimate of drug-likeness (QED) is 0.395. The van der Waals surface area contributed by atoms with Gasteiger partial charge in [0.05, 0.1) is 12.7 Å². The fourth-order valence-corrected chi connectivity index (χ4v) is 4.49. The van der Waals surface area contributed by atoms with E-state index in [0.717, 1.165) is 28.3 Å². The first kappa shape index (κ1) is 24.6. The normalized spacial score (nSPS) is 16.9. The van der Waals surface area contributed by atoms with Crippen molar-refractivity contribution < 1.29 is 17.9 Å². The van der Waals surface area contributed by atoms with Crippen LogP contribution in [0.5, 0.6) is 5.75 Å². The molecule has 1 N–H and O–H groups in total. The first-order valence-corrected chi connectivity index (χ1v) is 11.6. The molecule has 3 aromatic rings. The van der Waals surface area contributed by atoms with E-state index in [-0.39, 0.29) is 12.0 Å². The van der Waals surface area contributed by atoms with Crippen molar-refractivity contribution >= 4 is 11.6 Å². The minimum Gasteiger partial charge on any atom is -0.496 e. The van der Waals surface area contributed by atoms with Crippen molar-refractivity contribution in [2.75, 3.05) is 20.3 Å². The molecule has 0 aliphatic carbocycles. The summed E-state index contributed by atoms with van der Waals surface area (Å²) in [6.07, 6.45) is -4.41. The van der Waals surface area contributed by atoms with Crippen molar-refractivity contribution in [3.8, 4) is 16.9 Å². The standard InChI is InChI=1S/C27H28ClF3N2O/c1-17(2)19-6-11-26(34-3)24(13-19)23-10-7-21(27(29,30)31)12-20(23)14-33-15-25(32-16-33)18-4-8-22(28)9-5-18/h4-13,17,25,32H,14-16H2,1-3H3. The Labute approximate surface area is 203 Å². The zero-order valence-electron chi connectivity index (χ0n) is 19.4. The van der Waals surface area contributed by atoms with Gasteiger partial charge in [-0.2, -0.15) is 13.2 Å². The Bertz CT molecular complexity index is 1150. The number of nitrogens with one attached hydrogen (secondary N) is 1. The van der Waals surface area contributed by atoms with Crippen LogP contribution in [0.25, 0.3) is 11.1 Å². The molecule has 0 aromatic heterocycles. The number of rotatable bonds is 6. The van der Waals surface area contributed by atoms with Gasteiger partial charge in [-0.05, 0) is 64.6 Å². The van der Waals surface area contributed by atoms with E-state index in [9.17, 15) is 13.2 Å². The van der Waals surface area contributed by atoms with Crippen LogP contribution >= 0.6 is 11.6 Å². The molecule has 34 heavy (non-hydrogen) atoms. The number of nitrogens with zero attached hydrogens (tertiary/aromatic N) is 1. The summed E-state index contributed by atoms with van der Waals surface area (Å²) in [5, 5.41) is 4.12. The summed E-state index contributed by atoms with van der Waals surface area (Å²) in [7, 11) is 1.58. The second-order valence-electron chi connectivity index (χ2n) is 8.96. The van der Waals surface area contributed by atoms with Crippen LogP contribution in [0.2, 0.25) is 5.02 Å². The van der Waals surface area contributed by atoms with Crippen molar-refractivity contribution in [3.63, 3.8) is 0 Å².